The summed E-state index contributed by atoms with van der Waals surface area (Å²) >= 11 is 0. The predicted molar refractivity (Wildman–Crippen MR) is 104 cm³/mol. The molecule has 0 aliphatic heterocycles. The minimum atomic E-state index is -4.28. The molecule has 0 radical (unpaired) electrons. The van der Waals surface area contributed by atoms with Gasteiger partial charge < -0.3 is 10.00 Å². The molecule has 0 amide bonds. The van der Waals surface area contributed by atoms with Crippen LogP contribution in [0.5, 0.6) is 0 Å². The zero-order chi connectivity index (χ0) is 21.7. The van der Waals surface area contributed by atoms with Crippen LogP contribution in [0.3, 0.4) is 0 Å². The number of carbonyl (C=O) groups is 2. The predicted octanol–water partition coefficient (Wildman–Crippen LogP) is 3.91. The van der Waals surface area contributed by atoms with E-state index in [0.717, 1.165) is 0 Å². The van der Waals surface area contributed by atoms with Crippen LogP contribution in [-0.2, 0) is 23.2 Å². The molecule has 0 heterocycles. The van der Waals surface area contributed by atoms with Crippen molar-refractivity contribution in [2.75, 3.05) is 13.2 Å². The van der Waals surface area contributed by atoms with Gasteiger partial charge in [-0.15, -0.1) is 0 Å². The van der Waals surface area contributed by atoms with Crippen LogP contribution >= 0.6 is 7.82 Å². The minimum absolute atomic E-state index is 0.0322. The number of phosphoric ester groups is 1. The van der Waals surface area contributed by atoms with Gasteiger partial charge in [0.15, 0.2) is 5.78 Å². The fraction of sp³-hybridized carbons (Fsp3) is 0.895. The van der Waals surface area contributed by atoms with E-state index < -0.39 is 30.5 Å². The van der Waals surface area contributed by atoms with Crippen molar-refractivity contribution >= 4 is 19.4 Å². The Morgan fingerprint density at radius 1 is 0.926 bits per heavy atom. The van der Waals surface area contributed by atoms with Crippen LogP contribution in [0.15, 0.2) is 0 Å². The molecule has 8 heteroatoms. The summed E-state index contributed by atoms with van der Waals surface area (Å²) in [4.78, 5) is 33.9. The first-order chi connectivity index (χ1) is 11.9. The van der Waals surface area contributed by atoms with Gasteiger partial charge in [-0.1, -0.05) is 55.4 Å². The Bertz CT molecular complexity index is 555. The van der Waals surface area contributed by atoms with Gasteiger partial charge in [-0.05, 0) is 11.8 Å². The van der Waals surface area contributed by atoms with Crippen LogP contribution in [0.1, 0.15) is 74.7 Å². The number of hydrogen-bond acceptors (Lipinski definition) is 6. The average molecular weight is 408 g/mol. The number of phosphoric acid groups is 1. The lowest BCUT2D eigenvalue weighted by Gasteiger charge is -2.30. The topological polar surface area (TPSA) is 110 Å². The SMILES string of the molecule is CC(C)(C)COP(=O)(O)OCC(C)(C)C(O)C(=O)CCCC(=O)C(C)(C)C. The van der Waals surface area contributed by atoms with Gasteiger partial charge in [0, 0.05) is 23.7 Å². The third kappa shape index (κ3) is 11.1. The third-order valence-electron chi connectivity index (χ3n) is 3.97. The zero-order valence-electron chi connectivity index (χ0n) is 18.0. The summed E-state index contributed by atoms with van der Waals surface area (Å²) in [5.74, 6) is -0.363. The van der Waals surface area contributed by atoms with E-state index in [4.69, 9.17) is 9.05 Å². The van der Waals surface area contributed by atoms with Crippen LogP contribution < -0.4 is 0 Å². The van der Waals surface area contributed by atoms with Crippen molar-refractivity contribution in [2.45, 2.75) is 80.8 Å². The van der Waals surface area contributed by atoms with Gasteiger partial charge in [0.05, 0.1) is 13.2 Å². The van der Waals surface area contributed by atoms with Crippen LogP contribution in [-0.4, -0.2) is 40.9 Å². The highest BCUT2D eigenvalue weighted by Gasteiger charge is 2.36. The number of Topliss-reactive ketones (excluding diaryl/α,β-unsaturated/α-hetero) is 2. The molecule has 0 rings (SSSR count). The van der Waals surface area contributed by atoms with Gasteiger partial charge in [0.2, 0.25) is 0 Å². The average Bonchev–Trinajstić information content (AvgIpc) is 2.49. The summed E-state index contributed by atoms with van der Waals surface area (Å²) in [6, 6.07) is 0. The van der Waals surface area contributed by atoms with E-state index in [0.29, 0.717) is 6.42 Å². The van der Waals surface area contributed by atoms with E-state index in [1.54, 1.807) is 13.8 Å². The smallest absolute Gasteiger partial charge is 0.385 e. The number of carbonyl (C=O) groups excluding carboxylic acids is 2. The molecule has 2 unspecified atom stereocenters. The van der Waals surface area contributed by atoms with Crippen molar-refractivity contribution < 1.29 is 33.2 Å². The molecule has 0 aromatic rings. The summed E-state index contributed by atoms with van der Waals surface area (Å²) in [5.41, 5.74) is -1.84. The Labute approximate surface area is 163 Å². The molecule has 7 nitrogen and oxygen atoms in total. The Kier molecular flexibility index (Phi) is 9.54. The molecule has 0 aromatic carbocycles. The van der Waals surface area contributed by atoms with E-state index >= 15 is 0 Å². The number of ketones is 2. The molecule has 27 heavy (non-hydrogen) atoms. The molecule has 2 N–H and O–H groups in total. The lowest BCUT2D eigenvalue weighted by atomic mass is 9.83. The molecule has 0 aliphatic rings. The molecule has 0 aromatic heterocycles. The van der Waals surface area contributed by atoms with Crippen molar-refractivity contribution in [3.8, 4) is 0 Å². The van der Waals surface area contributed by atoms with Gasteiger partial charge in [0.25, 0.3) is 0 Å². The Hall–Kier alpha value is -0.590. The van der Waals surface area contributed by atoms with E-state index in [1.165, 1.54) is 0 Å². The Morgan fingerprint density at radius 3 is 1.85 bits per heavy atom. The molecule has 2 atom stereocenters. The lowest BCUT2D eigenvalue weighted by Crippen LogP contribution is -2.39. The van der Waals surface area contributed by atoms with Crippen molar-refractivity contribution in [2.24, 2.45) is 16.2 Å². The number of aliphatic hydroxyl groups excluding tert-OH is 1. The summed E-state index contributed by atoms with van der Waals surface area (Å²) < 4.78 is 21.9. The highest BCUT2D eigenvalue weighted by Crippen LogP contribution is 2.46. The summed E-state index contributed by atoms with van der Waals surface area (Å²) in [6.45, 7) is 13.9. The van der Waals surface area contributed by atoms with Crippen LogP contribution in [0.4, 0.5) is 0 Å². The molecule has 160 valence electrons. The quantitative estimate of drug-likeness (QED) is 0.499. The van der Waals surface area contributed by atoms with E-state index in [-0.39, 0.29) is 37.3 Å². The van der Waals surface area contributed by atoms with Crippen LogP contribution in [0.2, 0.25) is 0 Å². The number of aliphatic hydroxyl groups is 1. The van der Waals surface area contributed by atoms with Crippen LogP contribution in [0.25, 0.3) is 0 Å². The second kappa shape index (κ2) is 9.75. The fourth-order valence-electron chi connectivity index (χ4n) is 2.01. The maximum atomic E-state index is 12.2. The number of rotatable bonds is 11. The first kappa shape index (κ1) is 26.4. The summed E-state index contributed by atoms with van der Waals surface area (Å²) in [7, 11) is -4.28. The highest BCUT2D eigenvalue weighted by molar-refractivity contribution is 7.47. The largest absolute Gasteiger partial charge is 0.472 e. The maximum absolute atomic E-state index is 12.2. The minimum Gasteiger partial charge on any atom is -0.385 e. The second-order valence-corrected chi connectivity index (χ2v) is 11.4. The molecular weight excluding hydrogens is 371 g/mol. The van der Waals surface area contributed by atoms with Crippen molar-refractivity contribution in [3.05, 3.63) is 0 Å². The molecular formula is C19H37O7P. The number of hydrogen-bond donors (Lipinski definition) is 2. The van der Waals surface area contributed by atoms with E-state index in [2.05, 4.69) is 0 Å². The van der Waals surface area contributed by atoms with E-state index in [1.807, 2.05) is 41.5 Å². The highest BCUT2D eigenvalue weighted by atomic mass is 31.2. The second-order valence-electron chi connectivity index (χ2n) is 9.96. The zero-order valence-corrected chi connectivity index (χ0v) is 18.9. The van der Waals surface area contributed by atoms with E-state index in [9.17, 15) is 24.2 Å². The fourth-order valence-corrected chi connectivity index (χ4v) is 3.13. The first-order valence-corrected chi connectivity index (χ1v) is 10.7. The van der Waals surface area contributed by atoms with Crippen molar-refractivity contribution in [1.29, 1.82) is 0 Å². The molecule has 0 aliphatic carbocycles. The third-order valence-corrected chi connectivity index (χ3v) is 4.88. The molecule has 0 saturated heterocycles. The van der Waals surface area contributed by atoms with Gasteiger partial charge in [-0.25, -0.2) is 4.57 Å². The molecule has 0 fully saturated rings. The van der Waals surface area contributed by atoms with Gasteiger partial charge >= 0.3 is 7.82 Å². The lowest BCUT2D eigenvalue weighted by molar-refractivity contribution is -0.135. The van der Waals surface area contributed by atoms with Crippen LogP contribution in [0, 0.1) is 16.2 Å². The normalized spacial score (nSPS) is 16.7. The summed E-state index contributed by atoms with van der Waals surface area (Å²) in [6.07, 6.45) is -0.685. The standard InChI is InChI=1S/C19H37O7P/c1-17(2,3)12-25-27(23,24)26-13-19(7,8)16(22)14(20)10-9-11-15(21)18(4,5)6/h16,22H,9-13H2,1-8H3,(H,23,24). The van der Waals surface area contributed by atoms with Crippen molar-refractivity contribution in [3.63, 3.8) is 0 Å². The molecule has 0 bridgehead atoms. The van der Waals surface area contributed by atoms with Gasteiger partial charge in [-0.3, -0.25) is 18.6 Å². The summed E-state index contributed by atoms with van der Waals surface area (Å²) in [5, 5.41) is 10.3. The van der Waals surface area contributed by atoms with Crippen molar-refractivity contribution in [1.82, 2.24) is 0 Å². The van der Waals surface area contributed by atoms with Gasteiger partial charge in [0.1, 0.15) is 11.9 Å². The maximum Gasteiger partial charge on any atom is 0.472 e. The monoisotopic (exact) mass is 408 g/mol. The Morgan fingerprint density at radius 2 is 1.41 bits per heavy atom. The molecule has 0 spiro atoms. The first-order valence-electron chi connectivity index (χ1n) is 9.23. The molecule has 0 saturated carbocycles. The Balaban J connectivity index is 4.57. The van der Waals surface area contributed by atoms with Gasteiger partial charge in [-0.2, -0.15) is 0 Å².